The Morgan fingerprint density at radius 3 is 2.53 bits per heavy atom. The van der Waals surface area contributed by atoms with Crippen molar-refractivity contribution in [2.75, 3.05) is 19.4 Å². The van der Waals surface area contributed by atoms with E-state index in [1.165, 1.54) is 0 Å². The van der Waals surface area contributed by atoms with E-state index in [4.69, 9.17) is 4.74 Å². The minimum Gasteiger partial charge on any atom is -0.497 e. The summed E-state index contributed by atoms with van der Waals surface area (Å²) in [5.41, 5.74) is 2.11. The molecule has 7 heteroatoms. The predicted molar refractivity (Wildman–Crippen MR) is 127 cm³/mol. The van der Waals surface area contributed by atoms with Gasteiger partial charge in [-0.05, 0) is 48.7 Å². The number of nitrogens with zero attached hydrogens (tertiary/aromatic N) is 1. The van der Waals surface area contributed by atoms with Gasteiger partial charge in [0.1, 0.15) is 11.8 Å². The van der Waals surface area contributed by atoms with E-state index >= 15 is 0 Å². The first kappa shape index (κ1) is 24.3. The van der Waals surface area contributed by atoms with E-state index in [0.29, 0.717) is 18.8 Å². The van der Waals surface area contributed by atoms with Crippen LogP contribution in [0.3, 0.4) is 0 Å². The number of nitrogens with one attached hydrogen (secondary N) is 1. The molecule has 5 nitrogen and oxygen atoms in total. The second kappa shape index (κ2) is 12.6. The third-order valence-corrected chi connectivity index (χ3v) is 6.09. The van der Waals surface area contributed by atoms with E-state index in [2.05, 4.69) is 21.2 Å². The van der Waals surface area contributed by atoms with Gasteiger partial charge in [0.25, 0.3) is 0 Å². The Morgan fingerprint density at radius 1 is 1.17 bits per heavy atom. The number of carbonyl (C=O) groups excluding carboxylic acids is 2. The zero-order chi connectivity index (χ0) is 21.9. The summed E-state index contributed by atoms with van der Waals surface area (Å²) >= 11 is 5.02. The standard InChI is InChI=1S/C23H29BrN2O3S/c1-4-12-25-23(28)17(2)26(14-19-6-5-7-20(24)13-19)22(27)16-30-15-18-8-10-21(29-3)11-9-18/h5-11,13,17H,4,12,14-16H2,1-3H3,(H,25,28)/t17-/m1/s1. The first-order valence-corrected chi connectivity index (χ1v) is 11.9. The van der Waals surface area contributed by atoms with Gasteiger partial charge in [-0.3, -0.25) is 9.59 Å². The van der Waals surface area contributed by atoms with Crippen LogP contribution < -0.4 is 10.1 Å². The Hall–Kier alpha value is -1.99. The van der Waals surface area contributed by atoms with Gasteiger partial charge >= 0.3 is 0 Å². The summed E-state index contributed by atoms with van der Waals surface area (Å²) in [6.07, 6.45) is 0.857. The van der Waals surface area contributed by atoms with Gasteiger partial charge in [0, 0.05) is 23.3 Å². The van der Waals surface area contributed by atoms with Crippen molar-refractivity contribution in [1.82, 2.24) is 10.2 Å². The van der Waals surface area contributed by atoms with Crippen LogP contribution in [0, 0.1) is 0 Å². The highest BCUT2D eigenvalue weighted by molar-refractivity contribution is 9.10. The summed E-state index contributed by atoms with van der Waals surface area (Å²) in [4.78, 5) is 27.2. The second-order valence-electron chi connectivity index (χ2n) is 6.96. The molecule has 0 radical (unpaired) electrons. The van der Waals surface area contributed by atoms with Crippen LogP contribution in [0.2, 0.25) is 0 Å². The number of carbonyl (C=O) groups is 2. The lowest BCUT2D eigenvalue weighted by atomic mass is 10.1. The van der Waals surface area contributed by atoms with E-state index < -0.39 is 6.04 Å². The van der Waals surface area contributed by atoms with E-state index in [1.807, 2.05) is 55.5 Å². The summed E-state index contributed by atoms with van der Waals surface area (Å²) in [7, 11) is 1.64. The first-order chi connectivity index (χ1) is 14.4. The summed E-state index contributed by atoms with van der Waals surface area (Å²) in [6.45, 7) is 4.79. The molecule has 1 N–H and O–H groups in total. The Morgan fingerprint density at radius 2 is 1.90 bits per heavy atom. The van der Waals surface area contributed by atoms with E-state index in [9.17, 15) is 9.59 Å². The Kier molecular flexibility index (Phi) is 10.2. The lowest BCUT2D eigenvalue weighted by molar-refractivity contribution is -0.138. The molecule has 1 atom stereocenters. The van der Waals surface area contributed by atoms with Crippen LogP contribution in [-0.4, -0.2) is 42.2 Å². The maximum atomic E-state index is 13.0. The van der Waals surface area contributed by atoms with Crippen LogP contribution in [0.1, 0.15) is 31.4 Å². The summed E-state index contributed by atoms with van der Waals surface area (Å²) in [5.74, 6) is 1.67. The van der Waals surface area contributed by atoms with Crippen LogP contribution in [0.25, 0.3) is 0 Å². The average Bonchev–Trinajstić information content (AvgIpc) is 2.75. The molecule has 0 saturated heterocycles. The molecule has 0 aromatic heterocycles. The second-order valence-corrected chi connectivity index (χ2v) is 8.86. The van der Waals surface area contributed by atoms with Crippen LogP contribution >= 0.6 is 27.7 Å². The van der Waals surface area contributed by atoms with Gasteiger partial charge in [0.05, 0.1) is 12.9 Å². The van der Waals surface area contributed by atoms with Gasteiger partial charge in [-0.2, -0.15) is 0 Å². The predicted octanol–water partition coefficient (Wildman–Crippen LogP) is 4.63. The SMILES string of the molecule is CCCNC(=O)[C@@H](C)N(Cc1cccc(Br)c1)C(=O)CSCc1ccc(OC)cc1. The first-order valence-electron chi connectivity index (χ1n) is 9.97. The number of rotatable bonds is 11. The van der Waals surface area contributed by atoms with Gasteiger partial charge < -0.3 is 15.0 Å². The van der Waals surface area contributed by atoms with Crippen molar-refractivity contribution in [2.45, 2.75) is 38.6 Å². The fourth-order valence-electron chi connectivity index (χ4n) is 2.87. The van der Waals surface area contributed by atoms with E-state index in [1.54, 1.807) is 30.7 Å². The summed E-state index contributed by atoms with van der Waals surface area (Å²) in [5, 5.41) is 2.90. The molecule has 0 saturated carbocycles. The molecule has 30 heavy (non-hydrogen) atoms. The van der Waals surface area contributed by atoms with Crippen LogP contribution in [0.15, 0.2) is 53.0 Å². The maximum absolute atomic E-state index is 13.0. The van der Waals surface area contributed by atoms with Crippen LogP contribution in [0.4, 0.5) is 0 Å². The highest BCUT2D eigenvalue weighted by atomic mass is 79.9. The van der Waals surface area contributed by atoms with E-state index in [-0.39, 0.29) is 11.8 Å². The number of thioether (sulfide) groups is 1. The lowest BCUT2D eigenvalue weighted by Gasteiger charge is -2.29. The third-order valence-electron chi connectivity index (χ3n) is 4.61. The van der Waals surface area contributed by atoms with Gasteiger partial charge in [0.2, 0.25) is 11.8 Å². The van der Waals surface area contributed by atoms with Gasteiger partial charge in [0.15, 0.2) is 0 Å². The summed E-state index contributed by atoms with van der Waals surface area (Å²) in [6, 6.07) is 15.1. The van der Waals surface area contributed by atoms with Crippen molar-refractivity contribution in [3.63, 3.8) is 0 Å². The largest absolute Gasteiger partial charge is 0.497 e. The highest BCUT2D eigenvalue weighted by Gasteiger charge is 2.25. The molecule has 0 aliphatic heterocycles. The Balaban J connectivity index is 2.03. The lowest BCUT2D eigenvalue weighted by Crippen LogP contribution is -2.48. The van der Waals surface area contributed by atoms with Gasteiger partial charge in [-0.15, -0.1) is 11.8 Å². The van der Waals surface area contributed by atoms with Gasteiger partial charge in [-0.25, -0.2) is 0 Å². The van der Waals surface area contributed by atoms with Crippen LogP contribution in [-0.2, 0) is 21.9 Å². The van der Waals surface area contributed by atoms with Crippen molar-refractivity contribution in [1.29, 1.82) is 0 Å². The molecule has 2 aromatic carbocycles. The van der Waals surface area contributed by atoms with Crippen LogP contribution in [0.5, 0.6) is 5.75 Å². The quantitative estimate of drug-likeness (QED) is 0.496. The van der Waals surface area contributed by atoms with Crippen molar-refractivity contribution in [3.05, 3.63) is 64.1 Å². The maximum Gasteiger partial charge on any atom is 0.242 e. The van der Waals surface area contributed by atoms with Crippen molar-refractivity contribution >= 4 is 39.5 Å². The number of hydrogen-bond acceptors (Lipinski definition) is 4. The highest BCUT2D eigenvalue weighted by Crippen LogP contribution is 2.19. The molecule has 0 bridgehead atoms. The number of halogens is 1. The topological polar surface area (TPSA) is 58.6 Å². The number of methoxy groups -OCH3 is 1. The molecule has 0 aliphatic rings. The molecule has 0 heterocycles. The number of hydrogen-bond donors (Lipinski definition) is 1. The summed E-state index contributed by atoms with van der Waals surface area (Å²) < 4.78 is 6.12. The van der Waals surface area contributed by atoms with Crippen molar-refractivity contribution < 1.29 is 14.3 Å². The molecule has 0 spiro atoms. The molecular formula is C23H29BrN2O3S. The average molecular weight is 493 g/mol. The van der Waals surface area contributed by atoms with Crippen molar-refractivity contribution in [3.8, 4) is 5.75 Å². The smallest absolute Gasteiger partial charge is 0.242 e. The minimum absolute atomic E-state index is 0.0485. The number of benzene rings is 2. The Bertz CT molecular complexity index is 829. The normalized spacial score (nSPS) is 11.6. The van der Waals surface area contributed by atoms with E-state index in [0.717, 1.165) is 33.5 Å². The zero-order valence-corrected chi connectivity index (χ0v) is 20.1. The number of ether oxygens (including phenoxy) is 1. The minimum atomic E-state index is -0.537. The molecule has 2 amide bonds. The fraction of sp³-hybridized carbons (Fsp3) is 0.391. The molecule has 2 aromatic rings. The fourth-order valence-corrected chi connectivity index (χ4v) is 4.19. The molecular weight excluding hydrogens is 464 g/mol. The zero-order valence-electron chi connectivity index (χ0n) is 17.7. The number of amides is 2. The Labute approximate surface area is 191 Å². The monoisotopic (exact) mass is 492 g/mol. The molecule has 0 fully saturated rings. The molecule has 0 aliphatic carbocycles. The molecule has 162 valence electrons. The third kappa shape index (κ3) is 7.69. The van der Waals surface area contributed by atoms with Crippen molar-refractivity contribution in [2.24, 2.45) is 0 Å². The molecule has 0 unspecified atom stereocenters. The molecule has 2 rings (SSSR count). The van der Waals surface area contributed by atoms with Gasteiger partial charge in [-0.1, -0.05) is 47.1 Å².